The molecule has 0 spiro atoms. The van der Waals surface area contributed by atoms with Crippen molar-refractivity contribution < 1.29 is 13.6 Å². The first-order valence-electron chi connectivity index (χ1n) is 11.7. The molecule has 4 aromatic rings. The molecule has 188 valence electrons. The number of anilines is 1. The highest BCUT2D eigenvalue weighted by Crippen LogP contribution is 2.33. The molecule has 3 heterocycles. The number of hydrogen-bond acceptors (Lipinski definition) is 6. The molecule has 1 amide bonds. The molecule has 1 saturated heterocycles. The van der Waals surface area contributed by atoms with E-state index in [1.807, 2.05) is 13.8 Å². The minimum atomic E-state index is -0.641. The molecule has 1 atom stereocenters. The van der Waals surface area contributed by atoms with Gasteiger partial charge in [-0.15, -0.1) is 22.6 Å². The molecule has 0 saturated carbocycles. The number of benzene rings is 2. The number of halogens is 3. The maximum Gasteiger partial charge on any atom is 0.262 e. The van der Waals surface area contributed by atoms with Gasteiger partial charge in [-0.05, 0) is 62.6 Å². The summed E-state index contributed by atoms with van der Waals surface area (Å²) < 4.78 is 30.0. The van der Waals surface area contributed by atoms with Crippen molar-refractivity contribution in [3.8, 4) is 10.6 Å². The summed E-state index contributed by atoms with van der Waals surface area (Å²) in [6.45, 7) is 5.23. The molecule has 36 heavy (non-hydrogen) atoms. The standard InChI is InChI=1S/C26H25F2N5OS.ClH/c1-3-22-31-32-25(35-22)16-7-8-19(21(28)13-16)26(34)33(17-5-4-11-29-14-17)24-23-15(2)6-9-20(27)18(23)10-12-30-24;/h6-10,12-13,17,29H,3-5,11,14H2,1-2H3;1H/t17-;/m1./s1. The van der Waals surface area contributed by atoms with Gasteiger partial charge in [0.2, 0.25) is 0 Å². The molecule has 6 nitrogen and oxygen atoms in total. The lowest BCUT2D eigenvalue weighted by atomic mass is 10.0. The van der Waals surface area contributed by atoms with E-state index in [2.05, 4.69) is 20.5 Å². The molecule has 0 radical (unpaired) electrons. The molecule has 2 aromatic heterocycles. The van der Waals surface area contributed by atoms with E-state index in [9.17, 15) is 9.18 Å². The van der Waals surface area contributed by atoms with Crippen LogP contribution >= 0.6 is 23.7 Å². The molecule has 2 aromatic carbocycles. The highest BCUT2D eigenvalue weighted by Gasteiger charge is 2.32. The number of piperidine rings is 1. The first-order chi connectivity index (χ1) is 17.0. The number of fused-ring (bicyclic) bond motifs is 1. The van der Waals surface area contributed by atoms with Crippen LogP contribution in [0.25, 0.3) is 21.3 Å². The van der Waals surface area contributed by atoms with Crippen molar-refractivity contribution >= 4 is 46.2 Å². The van der Waals surface area contributed by atoms with Crippen LogP contribution in [0.15, 0.2) is 42.6 Å². The highest BCUT2D eigenvalue weighted by atomic mass is 35.5. The number of pyridine rings is 1. The Bertz CT molecular complexity index is 1410. The molecule has 0 aliphatic carbocycles. The molecule has 5 rings (SSSR count). The van der Waals surface area contributed by atoms with Gasteiger partial charge in [0.05, 0.1) is 11.6 Å². The van der Waals surface area contributed by atoms with Crippen molar-refractivity contribution in [2.24, 2.45) is 0 Å². The van der Waals surface area contributed by atoms with E-state index in [0.29, 0.717) is 33.7 Å². The van der Waals surface area contributed by atoms with E-state index in [0.717, 1.165) is 36.4 Å². The van der Waals surface area contributed by atoms with Crippen LogP contribution in [0.2, 0.25) is 0 Å². The zero-order valence-electron chi connectivity index (χ0n) is 19.9. The first kappa shape index (κ1) is 26.1. The Kier molecular flexibility index (Phi) is 7.92. The van der Waals surface area contributed by atoms with Gasteiger partial charge in [-0.25, -0.2) is 13.8 Å². The second-order valence-corrected chi connectivity index (χ2v) is 9.71. The van der Waals surface area contributed by atoms with Crippen LogP contribution in [-0.4, -0.2) is 40.2 Å². The van der Waals surface area contributed by atoms with Crippen molar-refractivity contribution in [3.05, 3.63) is 70.4 Å². The minimum absolute atomic E-state index is 0. The summed E-state index contributed by atoms with van der Waals surface area (Å²) >= 11 is 1.40. The molecular formula is C26H26ClF2N5OS. The predicted octanol–water partition coefficient (Wildman–Crippen LogP) is 5.72. The lowest BCUT2D eigenvalue weighted by molar-refractivity contribution is 0.0968. The van der Waals surface area contributed by atoms with Gasteiger partial charge < -0.3 is 5.32 Å². The quantitative estimate of drug-likeness (QED) is 0.358. The van der Waals surface area contributed by atoms with E-state index in [1.54, 1.807) is 23.1 Å². The summed E-state index contributed by atoms with van der Waals surface area (Å²) in [5.74, 6) is -1.18. The van der Waals surface area contributed by atoms with E-state index < -0.39 is 11.7 Å². The third kappa shape index (κ3) is 4.83. The van der Waals surface area contributed by atoms with Crippen molar-refractivity contribution in [2.75, 3.05) is 18.0 Å². The molecule has 10 heteroatoms. The Morgan fingerprint density at radius 1 is 1.17 bits per heavy atom. The Labute approximate surface area is 218 Å². The third-order valence-corrected chi connectivity index (χ3v) is 7.48. The molecule has 0 bridgehead atoms. The van der Waals surface area contributed by atoms with Crippen LogP contribution in [0.3, 0.4) is 0 Å². The van der Waals surface area contributed by atoms with Crippen LogP contribution < -0.4 is 10.2 Å². The molecule has 1 fully saturated rings. The van der Waals surface area contributed by atoms with Crippen molar-refractivity contribution in [3.63, 3.8) is 0 Å². The average Bonchev–Trinajstić information content (AvgIpc) is 3.36. The van der Waals surface area contributed by atoms with Crippen LogP contribution in [0.1, 0.15) is 40.7 Å². The van der Waals surface area contributed by atoms with Gasteiger partial charge >= 0.3 is 0 Å². The number of nitrogens with one attached hydrogen (secondary N) is 1. The molecule has 1 aliphatic rings. The number of carbonyl (C=O) groups excluding carboxylic acids is 1. The smallest absolute Gasteiger partial charge is 0.262 e. The van der Waals surface area contributed by atoms with Gasteiger partial charge in [0, 0.05) is 29.1 Å². The number of hydrogen-bond donors (Lipinski definition) is 1. The van der Waals surface area contributed by atoms with Crippen LogP contribution in [0, 0.1) is 18.6 Å². The van der Waals surface area contributed by atoms with Crippen molar-refractivity contribution in [2.45, 2.75) is 39.2 Å². The van der Waals surface area contributed by atoms with Crippen LogP contribution in [-0.2, 0) is 6.42 Å². The fraction of sp³-hybridized carbons (Fsp3) is 0.308. The van der Waals surface area contributed by atoms with Gasteiger partial charge in [-0.1, -0.05) is 30.4 Å². The predicted molar refractivity (Wildman–Crippen MR) is 141 cm³/mol. The fourth-order valence-electron chi connectivity index (χ4n) is 4.55. The maximum atomic E-state index is 15.4. The Morgan fingerprint density at radius 3 is 2.69 bits per heavy atom. The normalized spacial score (nSPS) is 15.5. The van der Waals surface area contributed by atoms with Gasteiger partial charge in [-0.2, -0.15) is 0 Å². The number of amides is 1. The molecule has 1 aliphatic heterocycles. The number of aromatic nitrogens is 3. The summed E-state index contributed by atoms with van der Waals surface area (Å²) in [5, 5.41) is 14.0. The SMILES string of the molecule is CCc1nnc(-c2ccc(C(=O)N(c3nccc4c(F)ccc(C)c34)[C@@H]3CCCNC3)c(F)c2)s1.Cl. The molecule has 1 N–H and O–H groups in total. The number of carbonyl (C=O) groups is 1. The lowest BCUT2D eigenvalue weighted by Gasteiger charge is -2.35. The van der Waals surface area contributed by atoms with Crippen LogP contribution in [0.5, 0.6) is 0 Å². The Morgan fingerprint density at radius 2 is 2.00 bits per heavy atom. The average molecular weight is 530 g/mol. The highest BCUT2D eigenvalue weighted by molar-refractivity contribution is 7.14. The second kappa shape index (κ2) is 10.9. The molecule has 0 unspecified atom stereocenters. The van der Waals surface area contributed by atoms with E-state index >= 15 is 4.39 Å². The van der Waals surface area contributed by atoms with Gasteiger partial charge in [-0.3, -0.25) is 9.69 Å². The zero-order chi connectivity index (χ0) is 24.5. The van der Waals surface area contributed by atoms with E-state index in [4.69, 9.17) is 0 Å². The number of nitrogens with zero attached hydrogens (tertiary/aromatic N) is 4. The van der Waals surface area contributed by atoms with Gasteiger partial charge in [0.15, 0.2) is 0 Å². The second-order valence-electron chi connectivity index (χ2n) is 8.65. The summed E-state index contributed by atoms with van der Waals surface area (Å²) in [6.07, 6.45) is 3.84. The summed E-state index contributed by atoms with van der Waals surface area (Å²) in [7, 11) is 0. The fourth-order valence-corrected chi connectivity index (χ4v) is 5.32. The lowest BCUT2D eigenvalue weighted by Crippen LogP contribution is -2.49. The maximum absolute atomic E-state index is 15.4. The third-order valence-electron chi connectivity index (χ3n) is 6.36. The molecular weight excluding hydrogens is 504 g/mol. The summed E-state index contributed by atoms with van der Waals surface area (Å²) in [4.78, 5) is 20.0. The van der Waals surface area contributed by atoms with Crippen molar-refractivity contribution in [1.29, 1.82) is 0 Å². The summed E-state index contributed by atoms with van der Waals surface area (Å²) in [6, 6.07) is 8.94. The Balaban J connectivity index is 0.00000304. The van der Waals surface area contributed by atoms with E-state index in [-0.39, 0.29) is 29.8 Å². The first-order valence-corrected chi connectivity index (χ1v) is 12.5. The van der Waals surface area contributed by atoms with Crippen molar-refractivity contribution in [1.82, 2.24) is 20.5 Å². The number of aryl methyl sites for hydroxylation is 2. The summed E-state index contributed by atoms with van der Waals surface area (Å²) in [5.41, 5.74) is 1.31. The monoisotopic (exact) mass is 529 g/mol. The Hall–Kier alpha value is -3.01. The minimum Gasteiger partial charge on any atom is -0.315 e. The van der Waals surface area contributed by atoms with Gasteiger partial charge in [0.1, 0.15) is 27.5 Å². The zero-order valence-corrected chi connectivity index (χ0v) is 21.6. The van der Waals surface area contributed by atoms with E-state index in [1.165, 1.54) is 35.7 Å². The largest absolute Gasteiger partial charge is 0.315 e. The topological polar surface area (TPSA) is 71.0 Å². The van der Waals surface area contributed by atoms with Crippen LogP contribution in [0.4, 0.5) is 14.6 Å². The van der Waals surface area contributed by atoms with Gasteiger partial charge in [0.25, 0.3) is 5.91 Å². The number of rotatable bonds is 5.